The molecule has 0 spiro atoms. The van der Waals surface area contributed by atoms with Crippen molar-refractivity contribution in [3.8, 4) is 0 Å². The average Bonchev–Trinajstić information content (AvgIpc) is 2.33. The number of alkyl halides is 1. The molecule has 1 aliphatic rings. The van der Waals surface area contributed by atoms with Gasteiger partial charge in [0.2, 0.25) is 0 Å². The number of hydrogen-bond acceptors (Lipinski definition) is 2. The van der Waals surface area contributed by atoms with Crippen LogP contribution in [0.1, 0.15) is 24.8 Å². The Morgan fingerprint density at radius 2 is 1.89 bits per heavy atom. The first-order valence-electron chi connectivity index (χ1n) is 6.24. The first-order valence-corrected chi connectivity index (χ1v) is 6.24. The Labute approximate surface area is 106 Å². The number of halogens is 1. The minimum absolute atomic E-state index is 0.312. The van der Waals surface area contributed by atoms with Gasteiger partial charge in [-0.2, -0.15) is 0 Å². The first-order chi connectivity index (χ1) is 8.57. The minimum Gasteiger partial charge on any atom is -0.481 e. The summed E-state index contributed by atoms with van der Waals surface area (Å²) in [7, 11) is 0. The van der Waals surface area contributed by atoms with Crippen molar-refractivity contribution < 1.29 is 14.3 Å². The van der Waals surface area contributed by atoms with Crippen molar-refractivity contribution in [2.45, 2.75) is 31.5 Å². The van der Waals surface area contributed by atoms with E-state index in [-0.39, 0.29) is 6.42 Å². The highest BCUT2D eigenvalue weighted by molar-refractivity contribution is 5.68. The molecule has 0 aromatic heterocycles. The fourth-order valence-electron chi connectivity index (χ4n) is 2.40. The number of likely N-dealkylation sites (tertiary alicyclic amines) is 1. The van der Waals surface area contributed by atoms with Crippen LogP contribution < -0.4 is 0 Å². The third-order valence-corrected chi connectivity index (χ3v) is 3.47. The van der Waals surface area contributed by atoms with Gasteiger partial charge in [-0.3, -0.25) is 9.69 Å². The number of nitrogens with zero attached hydrogens (tertiary/aromatic N) is 1. The largest absolute Gasteiger partial charge is 0.481 e. The summed E-state index contributed by atoms with van der Waals surface area (Å²) < 4.78 is 14.1. The van der Waals surface area contributed by atoms with Gasteiger partial charge in [0, 0.05) is 19.6 Å². The number of carboxylic acids is 1. The molecule has 0 atom stereocenters. The van der Waals surface area contributed by atoms with Crippen molar-refractivity contribution in [1.82, 2.24) is 4.90 Å². The molecule has 98 valence electrons. The van der Waals surface area contributed by atoms with Gasteiger partial charge in [-0.1, -0.05) is 30.3 Å². The van der Waals surface area contributed by atoms with Gasteiger partial charge in [0.05, 0.1) is 6.42 Å². The third-order valence-electron chi connectivity index (χ3n) is 3.47. The Morgan fingerprint density at radius 3 is 2.44 bits per heavy atom. The van der Waals surface area contributed by atoms with Crippen LogP contribution in [0.2, 0.25) is 0 Å². The topological polar surface area (TPSA) is 40.5 Å². The maximum atomic E-state index is 14.1. The second kappa shape index (κ2) is 5.48. The summed E-state index contributed by atoms with van der Waals surface area (Å²) in [4.78, 5) is 12.8. The molecule has 0 radical (unpaired) electrons. The smallest absolute Gasteiger partial charge is 0.306 e. The highest BCUT2D eigenvalue weighted by Crippen LogP contribution is 2.30. The van der Waals surface area contributed by atoms with Crippen molar-refractivity contribution in [3.63, 3.8) is 0 Å². The quantitative estimate of drug-likeness (QED) is 0.893. The van der Waals surface area contributed by atoms with Crippen LogP contribution >= 0.6 is 0 Å². The van der Waals surface area contributed by atoms with Gasteiger partial charge < -0.3 is 5.11 Å². The summed E-state index contributed by atoms with van der Waals surface area (Å²) >= 11 is 0. The molecule has 2 rings (SSSR count). The van der Waals surface area contributed by atoms with E-state index in [0.29, 0.717) is 25.9 Å². The number of aliphatic carboxylic acids is 1. The van der Waals surface area contributed by atoms with E-state index in [0.717, 1.165) is 6.54 Å². The van der Waals surface area contributed by atoms with E-state index in [1.165, 1.54) is 5.56 Å². The number of piperidine rings is 1. The number of hydrogen-bond donors (Lipinski definition) is 1. The Bertz CT molecular complexity index is 400. The molecule has 1 fully saturated rings. The SMILES string of the molecule is O=C(O)CC1(F)CCN(Cc2ccccc2)CC1. The van der Waals surface area contributed by atoms with Crippen LogP contribution in [0.4, 0.5) is 4.39 Å². The van der Waals surface area contributed by atoms with Crippen LogP contribution in [0, 0.1) is 0 Å². The van der Waals surface area contributed by atoms with Crippen LogP contribution in [-0.4, -0.2) is 34.7 Å². The van der Waals surface area contributed by atoms with E-state index in [4.69, 9.17) is 5.11 Å². The van der Waals surface area contributed by atoms with E-state index < -0.39 is 11.6 Å². The van der Waals surface area contributed by atoms with E-state index in [1.54, 1.807) is 0 Å². The summed E-state index contributed by atoms with van der Waals surface area (Å²) in [5.41, 5.74) is -0.305. The third kappa shape index (κ3) is 3.53. The summed E-state index contributed by atoms with van der Waals surface area (Å²) in [6.07, 6.45) is 0.254. The molecule has 4 heteroatoms. The molecule has 1 aromatic rings. The molecule has 0 amide bonds. The first kappa shape index (κ1) is 13.0. The predicted molar refractivity (Wildman–Crippen MR) is 67.0 cm³/mol. The fraction of sp³-hybridized carbons (Fsp3) is 0.500. The van der Waals surface area contributed by atoms with Gasteiger partial charge in [0.1, 0.15) is 5.67 Å². The molecule has 0 aliphatic carbocycles. The van der Waals surface area contributed by atoms with Gasteiger partial charge in [-0.25, -0.2) is 4.39 Å². The molecule has 1 saturated heterocycles. The highest BCUT2D eigenvalue weighted by Gasteiger charge is 2.36. The molecule has 0 unspecified atom stereocenters. The zero-order valence-corrected chi connectivity index (χ0v) is 10.3. The molecular weight excluding hydrogens is 233 g/mol. The molecule has 3 nitrogen and oxygen atoms in total. The fourth-order valence-corrected chi connectivity index (χ4v) is 2.40. The molecule has 1 aliphatic heterocycles. The Balaban J connectivity index is 1.85. The lowest BCUT2D eigenvalue weighted by molar-refractivity contribution is -0.141. The van der Waals surface area contributed by atoms with Crippen molar-refractivity contribution in [2.75, 3.05) is 13.1 Å². The lowest BCUT2D eigenvalue weighted by atomic mass is 9.90. The van der Waals surface area contributed by atoms with Crippen LogP contribution in [0.25, 0.3) is 0 Å². The molecule has 18 heavy (non-hydrogen) atoms. The van der Waals surface area contributed by atoms with Crippen LogP contribution in [0.15, 0.2) is 30.3 Å². The lowest BCUT2D eigenvalue weighted by Crippen LogP contribution is -2.42. The van der Waals surface area contributed by atoms with Gasteiger partial charge >= 0.3 is 5.97 Å². The van der Waals surface area contributed by atoms with Gasteiger partial charge in [-0.05, 0) is 18.4 Å². The lowest BCUT2D eigenvalue weighted by Gasteiger charge is -2.35. The van der Waals surface area contributed by atoms with Crippen LogP contribution in [-0.2, 0) is 11.3 Å². The average molecular weight is 251 g/mol. The Kier molecular flexibility index (Phi) is 3.97. The number of carboxylic acid groups (broad SMARTS) is 1. The predicted octanol–water partition coefficient (Wildman–Crippen LogP) is 2.47. The van der Waals surface area contributed by atoms with E-state index in [9.17, 15) is 9.18 Å². The van der Waals surface area contributed by atoms with Gasteiger partial charge in [0.25, 0.3) is 0 Å². The van der Waals surface area contributed by atoms with Crippen LogP contribution in [0.3, 0.4) is 0 Å². The van der Waals surface area contributed by atoms with Gasteiger partial charge in [0.15, 0.2) is 0 Å². The zero-order chi connectivity index (χ0) is 13.0. The number of rotatable bonds is 4. The zero-order valence-electron chi connectivity index (χ0n) is 10.3. The van der Waals surface area contributed by atoms with Crippen molar-refractivity contribution in [2.24, 2.45) is 0 Å². The van der Waals surface area contributed by atoms with Crippen molar-refractivity contribution >= 4 is 5.97 Å². The summed E-state index contributed by atoms with van der Waals surface area (Å²) in [6, 6.07) is 10.1. The monoisotopic (exact) mass is 251 g/mol. The van der Waals surface area contributed by atoms with E-state index >= 15 is 0 Å². The van der Waals surface area contributed by atoms with E-state index in [2.05, 4.69) is 17.0 Å². The second-order valence-electron chi connectivity index (χ2n) is 4.98. The molecule has 1 heterocycles. The minimum atomic E-state index is -1.51. The van der Waals surface area contributed by atoms with Gasteiger partial charge in [-0.15, -0.1) is 0 Å². The Morgan fingerprint density at radius 1 is 1.28 bits per heavy atom. The normalized spacial score (nSPS) is 19.6. The number of carbonyl (C=O) groups is 1. The van der Waals surface area contributed by atoms with Crippen molar-refractivity contribution in [1.29, 1.82) is 0 Å². The van der Waals surface area contributed by atoms with E-state index in [1.807, 2.05) is 18.2 Å². The Hall–Kier alpha value is -1.42. The molecule has 0 saturated carbocycles. The molecule has 1 N–H and O–H groups in total. The summed E-state index contributed by atoms with van der Waals surface area (Å²) in [6.45, 7) is 2.06. The highest BCUT2D eigenvalue weighted by atomic mass is 19.1. The maximum absolute atomic E-state index is 14.1. The summed E-state index contributed by atoms with van der Waals surface area (Å²) in [5, 5.41) is 8.68. The van der Waals surface area contributed by atoms with Crippen molar-refractivity contribution in [3.05, 3.63) is 35.9 Å². The molecule has 1 aromatic carbocycles. The maximum Gasteiger partial charge on any atom is 0.306 e. The second-order valence-corrected chi connectivity index (χ2v) is 4.98. The van der Waals surface area contributed by atoms with Crippen LogP contribution in [0.5, 0.6) is 0 Å². The summed E-state index contributed by atoms with van der Waals surface area (Å²) in [5.74, 6) is -1.05. The molecular formula is C14H18FNO2. The number of benzene rings is 1. The molecule has 0 bridgehead atoms. The standard InChI is InChI=1S/C14H18FNO2/c15-14(10-13(17)18)6-8-16(9-7-14)11-12-4-2-1-3-5-12/h1-5H,6-11H2,(H,17,18).